The number of nitrogen functional groups attached to an aromatic ring is 1. The molecule has 1 amide bonds. The van der Waals surface area contributed by atoms with Crippen LogP contribution in [0.4, 0.5) is 11.4 Å². The van der Waals surface area contributed by atoms with E-state index in [-0.39, 0.29) is 12.5 Å². The Morgan fingerprint density at radius 3 is 2.90 bits per heavy atom. The zero-order valence-electron chi connectivity index (χ0n) is 11.6. The first-order chi connectivity index (χ1) is 10.1. The molecule has 2 heterocycles. The van der Waals surface area contributed by atoms with Crippen molar-refractivity contribution in [2.24, 2.45) is 0 Å². The van der Waals surface area contributed by atoms with Gasteiger partial charge in [0.25, 0.3) is 0 Å². The number of hydrogen-bond donors (Lipinski definition) is 2. The average molecular weight is 349 g/mol. The van der Waals surface area contributed by atoms with Crippen LogP contribution in [0.2, 0.25) is 0 Å². The lowest BCUT2D eigenvalue weighted by molar-refractivity contribution is -0.128. The molecule has 5 nitrogen and oxygen atoms in total. The number of anilines is 2. The highest BCUT2D eigenvalue weighted by atomic mass is 79.9. The lowest BCUT2D eigenvalue weighted by Crippen LogP contribution is -2.33. The van der Waals surface area contributed by atoms with E-state index in [1.807, 2.05) is 23.1 Å². The van der Waals surface area contributed by atoms with E-state index in [2.05, 4.69) is 26.2 Å². The first-order valence-electron chi connectivity index (χ1n) is 7.00. The minimum absolute atomic E-state index is 0.134. The number of rotatable bonds is 3. The summed E-state index contributed by atoms with van der Waals surface area (Å²) in [6, 6.07) is 5.64. The van der Waals surface area contributed by atoms with E-state index in [0.717, 1.165) is 47.0 Å². The van der Waals surface area contributed by atoms with Crippen molar-refractivity contribution in [3.05, 3.63) is 28.9 Å². The monoisotopic (exact) mass is 348 g/mol. The van der Waals surface area contributed by atoms with E-state index in [1.54, 1.807) is 6.20 Å². The maximum Gasteiger partial charge on any atom is 0.241 e. The van der Waals surface area contributed by atoms with Crippen LogP contribution >= 0.6 is 15.9 Å². The van der Waals surface area contributed by atoms with Crippen LogP contribution in [0.5, 0.6) is 0 Å². The van der Waals surface area contributed by atoms with Crippen LogP contribution in [-0.2, 0) is 4.79 Å². The van der Waals surface area contributed by atoms with Crippen molar-refractivity contribution in [2.45, 2.75) is 12.8 Å². The number of likely N-dealkylation sites (tertiary alicyclic amines) is 1. The molecule has 1 saturated heterocycles. The second-order valence-electron chi connectivity index (χ2n) is 5.19. The van der Waals surface area contributed by atoms with E-state index in [4.69, 9.17) is 5.73 Å². The highest BCUT2D eigenvalue weighted by Crippen LogP contribution is 2.28. The van der Waals surface area contributed by atoms with E-state index in [1.165, 1.54) is 0 Å². The summed E-state index contributed by atoms with van der Waals surface area (Å²) < 4.78 is 0.881. The Morgan fingerprint density at radius 1 is 1.38 bits per heavy atom. The molecule has 2 aromatic rings. The van der Waals surface area contributed by atoms with Gasteiger partial charge >= 0.3 is 0 Å². The molecule has 0 unspecified atom stereocenters. The van der Waals surface area contributed by atoms with Gasteiger partial charge in [0.1, 0.15) is 0 Å². The molecule has 0 aliphatic carbocycles. The molecule has 0 saturated carbocycles. The number of amides is 1. The molecule has 0 bridgehead atoms. The topological polar surface area (TPSA) is 71.2 Å². The predicted octanol–water partition coefficient (Wildman–Crippen LogP) is 2.61. The molecule has 0 radical (unpaired) electrons. The Hall–Kier alpha value is -1.82. The Kier molecular flexibility index (Phi) is 3.96. The van der Waals surface area contributed by atoms with Gasteiger partial charge in [0.2, 0.25) is 5.91 Å². The number of nitrogens with zero attached hydrogens (tertiary/aromatic N) is 2. The quantitative estimate of drug-likeness (QED) is 0.836. The molecule has 3 rings (SSSR count). The summed E-state index contributed by atoms with van der Waals surface area (Å²) in [5.41, 5.74) is 8.28. The summed E-state index contributed by atoms with van der Waals surface area (Å²) >= 11 is 3.40. The third kappa shape index (κ3) is 2.95. The van der Waals surface area contributed by atoms with Gasteiger partial charge in [0, 0.05) is 34.8 Å². The Bertz CT molecular complexity index is 683. The Labute approximate surface area is 131 Å². The fourth-order valence-electron chi connectivity index (χ4n) is 2.61. The number of fused-ring (bicyclic) bond motifs is 1. The smallest absolute Gasteiger partial charge is 0.241 e. The van der Waals surface area contributed by atoms with Crippen LogP contribution in [0.15, 0.2) is 28.9 Å². The number of nitrogens with two attached hydrogens (primary N) is 1. The summed E-state index contributed by atoms with van der Waals surface area (Å²) in [5.74, 6) is 0.134. The number of hydrogen-bond acceptors (Lipinski definition) is 4. The van der Waals surface area contributed by atoms with Crippen LogP contribution in [-0.4, -0.2) is 35.4 Å². The van der Waals surface area contributed by atoms with Crippen molar-refractivity contribution in [1.29, 1.82) is 0 Å². The molecule has 1 aliphatic heterocycles. The van der Waals surface area contributed by atoms with Gasteiger partial charge in [0.05, 0.1) is 17.7 Å². The summed E-state index contributed by atoms with van der Waals surface area (Å²) in [6.45, 7) is 2.03. The number of pyridine rings is 1. The third-order valence-corrected chi connectivity index (χ3v) is 4.17. The molecule has 1 aromatic carbocycles. The number of carbonyl (C=O) groups excluding carboxylic acids is 1. The minimum atomic E-state index is 0.134. The van der Waals surface area contributed by atoms with Crippen LogP contribution < -0.4 is 11.1 Å². The number of benzene rings is 1. The standard InChI is InChI=1S/C15H17BrN4O/c16-10-7-11-12(17)3-4-13(15(11)19-8-10)18-9-14(21)20-5-1-2-6-20/h3-4,7-8,18H,1-2,5-6,9,17H2. The van der Waals surface area contributed by atoms with Gasteiger partial charge in [0.15, 0.2) is 0 Å². The Morgan fingerprint density at radius 2 is 2.14 bits per heavy atom. The summed E-state index contributed by atoms with van der Waals surface area (Å²) in [7, 11) is 0. The largest absolute Gasteiger partial charge is 0.398 e. The fourth-order valence-corrected chi connectivity index (χ4v) is 2.94. The maximum absolute atomic E-state index is 12.1. The van der Waals surface area contributed by atoms with Crippen molar-refractivity contribution < 1.29 is 4.79 Å². The van der Waals surface area contributed by atoms with Crippen molar-refractivity contribution in [1.82, 2.24) is 9.88 Å². The van der Waals surface area contributed by atoms with Gasteiger partial charge in [-0.1, -0.05) is 0 Å². The minimum Gasteiger partial charge on any atom is -0.398 e. The average Bonchev–Trinajstić information content (AvgIpc) is 3.01. The number of nitrogens with one attached hydrogen (secondary N) is 1. The second kappa shape index (κ2) is 5.89. The van der Waals surface area contributed by atoms with Crippen molar-refractivity contribution >= 4 is 44.1 Å². The van der Waals surface area contributed by atoms with Gasteiger partial charge in [-0.15, -0.1) is 0 Å². The van der Waals surface area contributed by atoms with Crippen molar-refractivity contribution in [2.75, 3.05) is 30.7 Å². The molecule has 0 spiro atoms. The SMILES string of the molecule is Nc1ccc(NCC(=O)N2CCCC2)c2ncc(Br)cc12. The highest BCUT2D eigenvalue weighted by Gasteiger charge is 2.17. The molecular formula is C15H17BrN4O. The molecular weight excluding hydrogens is 332 g/mol. The second-order valence-corrected chi connectivity index (χ2v) is 6.11. The van der Waals surface area contributed by atoms with Crippen LogP contribution in [0.3, 0.4) is 0 Å². The number of halogens is 1. The Balaban J connectivity index is 1.81. The zero-order chi connectivity index (χ0) is 14.8. The first-order valence-corrected chi connectivity index (χ1v) is 7.80. The maximum atomic E-state index is 12.1. The molecule has 1 aromatic heterocycles. The molecule has 110 valence electrons. The summed E-state index contributed by atoms with van der Waals surface area (Å²) in [6.07, 6.45) is 3.94. The normalized spacial score (nSPS) is 14.6. The lowest BCUT2D eigenvalue weighted by Gasteiger charge is -2.16. The van der Waals surface area contributed by atoms with Gasteiger partial charge in [-0.25, -0.2) is 0 Å². The zero-order valence-corrected chi connectivity index (χ0v) is 13.2. The van der Waals surface area contributed by atoms with E-state index >= 15 is 0 Å². The third-order valence-electron chi connectivity index (χ3n) is 3.74. The van der Waals surface area contributed by atoms with Gasteiger partial charge in [-0.3, -0.25) is 9.78 Å². The van der Waals surface area contributed by atoms with Crippen LogP contribution in [0.1, 0.15) is 12.8 Å². The molecule has 21 heavy (non-hydrogen) atoms. The van der Waals surface area contributed by atoms with E-state index in [9.17, 15) is 4.79 Å². The number of carbonyl (C=O) groups is 1. The van der Waals surface area contributed by atoms with Crippen molar-refractivity contribution in [3.63, 3.8) is 0 Å². The van der Waals surface area contributed by atoms with E-state index in [0.29, 0.717) is 5.69 Å². The molecule has 0 atom stereocenters. The molecule has 6 heteroatoms. The highest BCUT2D eigenvalue weighted by molar-refractivity contribution is 9.10. The molecule has 1 fully saturated rings. The lowest BCUT2D eigenvalue weighted by atomic mass is 10.1. The molecule has 1 aliphatic rings. The first kappa shape index (κ1) is 14.1. The predicted molar refractivity (Wildman–Crippen MR) is 88.2 cm³/mol. The summed E-state index contributed by atoms with van der Waals surface area (Å²) in [5, 5.41) is 4.06. The summed E-state index contributed by atoms with van der Waals surface area (Å²) in [4.78, 5) is 18.4. The van der Waals surface area contributed by atoms with Gasteiger partial charge in [-0.2, -0.15) is 0 Å². The molecule has 3 N–H and O–H groups in total. The van der Waals surface area contributed by atoms with E-state index < -0.39 is 0 Å². The van der Waals surface area contributed by atoms with Crippen LogP contribution in [0, 0.1) is 0 Å². The van der Waals surface area contributed by atoms with Gasteiger partial charge in [-0.05, 0) is 47.0 Å². The van der Waals surface area contributed by atoms with Gasteiger partial charge < -0.3 is 16.0 Å². The fraction of sp³-hybridized carbons (Fsp3) is 0.333. The van der Waals surface area contributed by atoms with Crippen LogP contribution in [0.25, 0.3) is 10.9 Å². The number of aromatic nitrogens is 1. The van der Waals surface area contributed by atoms with Crippen molar-refractivity contribution in [3.8, 4) is 0 Å².